The number of nitrogens with zero attached hydrogens (tertiary/aromatic N) is 1. The minimum absolute atomic E-state index is 0.0852. The number of carbonyl (C=O) groups is 1. The molecule has 1 amide bonds. The van der Waals surface area contributed by atoms with E-state index in [0.29, 0.717) is 5.57 Å². The second-order valence-corrected chi connectivity index (χ2v) is 4.76. The summed E-state index contributed by atoms with van der Waals surface area (Å²) in [5.41, 5.74) is 3.18. The molecule has 1 N–H and O–H groups in total. The molecular weight excluding hydrogens is 292 g/mol. The van der Waals surface area contributed by atoms with Gasteiger partial charge in [-0.3, -0.25) is 4.79 Å². The Bertz CT molecular complexity index is 664. The van der Waals surface area contributed by atoms with Crippen molar-refractivity contribution in [3.05, 3.63) is 58.3 Å². The smallest absolute Gasteiger partial charge is 0.256 e. The van der Waals surface area contributed by atoms with Crippen molar-refractivity contribution in [3.8, 4) is 0 Å². The molecule has 3 nitrogen and oxygen atoms in total. The number of para-hydroxylation sites is 1. The normalized spacial score (nSPS) is 15.6. The number of carbonyl (C=O) groups excluding carboxylic acids is 1. The molecule has 0 unspecified atom stereocenters. The molecule has 0 spiro atoms. The predicted molar refractivity (Wildman–Crippen MR) is 74.9 cm³/mol. The van der Waals surface area contributed by atoms with Crippen LogP contribution >= 0.6 is 15.9 Å². The van der Waals surface area contributed by atoms with E-state index in [4.69, 9.17) is 0 Å². The number of nitrogens with one attached hydrogen (secondary N) is 1. The van der Waals surface area contributed by atoms with Crippen LogP contribution in [0, 0.1) is 0 Å². The van der Waals surface area contributed by atoms with Gasteiger partial charge in [0.15, 0.2) is 0 Å². The Hall–Kier alpha value is -1.94. The van der Waals surface area contributed by atoms with E-state index < -0.39 is 0 Å². The summed E-state index contributed by atoms with van der Waals surface area (Å²) >= 11 is 3.32. The summed E-state index contributed by atoms with van der Waals surface area (Å²) in [6.45, 7) is 0. The monoisotopic (exact) mass is 300 g/mol. The van der Waals surface area contributed by atoms with Crippen molar-refractivity contribution >= 4 is 39.2 Å². The molecule has 3 rings (SSSR count). The molecule has 1 aromatic carbocycles. The second kappa shape index (κ2) is 4.38. The van der Waals surface area contributed by atoms with Crippen LogP contribution in [0.25, 0.3) is 11.6 Å². The average Bonchev–Trinajstić information content (AvgIpc) is 2.66. The highest BCUT2D eigenvalue weighted by Crippen LogP contribution is 2.32. The molecule has 2 aromatic rings. The average molecular weight is 301 g/mol. The molecule has 18 heavy (non-hydrogen) atoms. The quantitative estimate of drug-likeness (QED) is 0.648. The van der Waals surface area contributed by atoms with Gasteiger partial charge in [0.25, 0.3) is 5.91 Å². The molecule has 0 bridgehead atoms. The summed E-state index contributed by atoms with van der Waals surface area (Å²) in [4.78, 5) is 16.2. The third-order valence-corrected chi connectivity index (χ3v) is 3.18. The van der Waals surface area contributed by atoms with Crippen LogP contribution < -0.4 is 5.32 Å². The highest BCUT2D eigenvalue weighted by Gasteiger charge is 2.23. The van der Waals surface area contributed by atoms with E-state index in [1.165, 1.54) is 0 Å². The summed E-state index contributed by atoms with van der Waals surface area (Å²) in [6, 6.07) is 13.2. The first-order chi connectivity index (χ1) is 8.74. The van der Waals surface area contributed by atoms with Crippen LogP contribution in [-0.4, -0.2) is 10.9 Å². The van der Waals surface area contributed by atoms with Gasteiger partial charge in [0.05, 0.1) is 11.3 Å². The van der Waals surface area contributed by atoms with Gasteiger partial charge in [-0.05, 0) is 40.2 Å². The summed E-state index contributed by atoms with van der Waals surface area (Å²) in [7, 11) is 0. The first-order valence-electron chi connectivity index (χ1n) is 5.49. The number of amides is 1. The lowest BCUT2D eigenvalue weighted by Crippen LogP contribution is -2.03. The lowest BCUT2D eigenvalue weighted by atomic mass is 10.1. The molecule has 1 aliphatic heterocycles. The highest BCUT2D eigenvalue weighted by atomic mass is 79.9. The van der Waals surface area contributed by atoms with E-state index in [0.717, 1.165) is 21.5 Å². The Kier molecular flexibility index (Phi) is 2.72. The van der Waals surface area contributed by atoms with Crippen molar-refractivity contribution in [2.24, 2.45) is 0 Å². The summed E-state index contributed by atoms with van der Waals surface area (Å²) in [6.07, 6.45) is 1.80. The maximum atomic E-state index is 11.9. The van der Waals surface area contributed by atoms with E-state index in [-0.39, 0.29) is 5.91 Å². The lowest BCUT2D eigenvalue weighted by molar-refractivity contribution is -0.110. The Morgan fingerprint density at radius 3 is 2.78 bits per heavy atom. The Morgan fingerprint density at radius 1 is 1.11 bits per heavy atom. The zero-order valence-electron chi connectivity index (χ0n) is 9.35. The number of benzene rings is 1. The SMILES string of the molecule is O=C1Nc2ccccc2C1=Cc1cccc(Br)n1. The van der Waals surface area contributed by atoms with E-state index >= 15 is 0 Å². The fourth-order valence-corrected chi connectivity index (χ4v) is 2.29. The van der Waals surface area contributed by atoms with Crippen molar-refractivity contribution < 1.29 is 4.79 Å². The minimum Gasteiger partial charge on any atom is -0.321 e. The zero-order chi connectivity index (χ0) is 12.5. The van der Waals surface area contributed by atoms with Crippen LogP contribution in [0.4, 0.5) is 5.69 Å². The van der Waals surface area contributed by atoms with Gasteiger partial charge in [-0.15, -0.1) is 0 Å². The molecule has 88 valence electrons. The van der Waals surface area contributed by atoms with Gasteiger partial charge in [0.1, 0.15) is 4.60 Å². The van der Waals surface area contributed by atoms with Crippen molar-refractivity contribution in [3.63, 3.8) is 0 Å². The molecule has 0 fully saturated rings. The largest absolute Gasteiger partial charge is 0.321 e. The number of pyridine rings is 1. The fraction of sp³-hybridized carbons (Fsp3) is 0. The van der Waals surface area contributed by atoms with Crippen LogP contribution in [0.5, 0.6) is 0 Å². The highest BCUT2D eigenvalue weighted by molar-refractivity contribution is 9.10. The molecule has 4 heteroatoms. The van der Waals surface area contributed by atoms with Gasteiger partial charge in [0, 0.05) is 11.3 Å². The fourth-order valence-electron chi connectivity index (χ4n) is 1.93. The topological polar surface area (TPSA) is 42.0 Å². The molecular formula is C14H9BrN2O. The molecule has 0 atom stereocenters. The predicted octanol–water partition coefficient (Wildman–Crippen LogP) is 3.34. The number of aromatic nitrogens is 1. The third-order valence-electron chi connectivity index (χ3n) is 2.74. The Balaban J connectivity index is 2.10. The molecule has 2 heterocycles. The molecule has 0 aliphatic carbocycles. The van der Waals surface area contributed by atoms with Gasteiger partial charge < -0.3 is 5.32 Å². The van der Waals surface area contributed by atoms with Gasteiger partial charge in [0.2, 0.25) is 0 Å². The van der Waals surface area contributed by atoms with E-state index in [2.05, 4.69) is 26.2 Å². The van der Waals surface area contributed by atoms with Crippen molar-refractivity contribution in [1.82, 2.24) is 4.98 Å². The lowest BCUT2D eigenvalue weighted by Gasteiger charge is -1.98. The van der Waals surface area contributed by atoms with E-state index in [1.54, 1.807) is 6.08 Å². The molecule has 1 aromatic heterocycles. The van der Waals surface area contributed by atoms with E-state index in [9.17, 15) is 4.79 Å². The number of hydrogen-bond acceptors (Lipinski definition) is 2. The van der Waals surface area contributed by atoms with Gasteiger partial charge >= 0.3 is 0 Å². The second-order valence-electron chi connectivity index (χ2n) is 3.94. The van der Waals surface area contributed by atoms with Gasteiger partial charge in [-0.2, -0.15) is 0 Å². The number of rotatable bonds is 1. The summed E-state index contributed by atoms with van der Waals surface area (Å²) < 4.78 is 0.753. The number of halogens is 1. The van der Waals surface area contributed by atoms with Crippen LogP contribution in [0.2, 0.25) is 0 Å². The van der Waals surface area contributed by atoms with E-state index in [1.807, 2.05) is 42.5 Å². The first kappa shape index (κ1) is 11.2. The van der Waals surface area contributed by atoms with Crippen LogP contribution in [0.3, 0.4) is 0 Å². The Labute approximate surface area is 113 Å². The molecule has 0 saturated heterocycles. The Morgan fingerprint density at radius 2 is 1.94 bits per heavy atom. The molecule has 0 radical (unpaired) electrons. The minimum atomic E-state index is -0.0852. The maximum Gasteiger partial charge on any atom is 0.256 e. The standard InChI is InChI=1S/C14H9BrN2O/c15-13-7-3-4-9(16-13)8-11-10-5-1-2-6-12(10)17-14(11)18/h1-8H,(H,17,18). The van der Waals surface area contributed by atoms with Crippen LogP contribution in [-0.2, 0) is 4.79 Å². The third kappa shape index (κ3) is 1.95. The zero-order valence-corrected chi connectivity index (χ0v) is 10.9. The number of fused-ring (bicyclic) bond motifs is 1. The van der Waals surface area contributed by atoms with Crippen LogP contribution in [0.15, 0.2) is 47.1 Å². The summed E-state index contributed by atoms with van der Waals surface area (Å²) in [5.74, 6) is -0.0852. The van der Waals surface area contributed by atoms with Gasteiger partial charge in [-0.1, -0.05) is 24.3 Å². The number of anilines is 1. The van der Waals surface area contributed by atoms with Crippen molar-refractivity contribution in [1.29, 1.82) is 0 Å². The summed E-state index contributed by atoms with van der Waals surface area (Å²) in [5, 5.41) is 2.84. The van der Waals surface area contributed by atoms with Gasteiger partial charge in [-0.25, -0.2) is 4.98 Å². The van der Waals surface area contributed by atoms with Crippen molar-refractivity contribution in [2.45, 2.75) is 0 Å². The molecule has 0 saturated carbocycles. The maximum absolute atomic E-state index is 11.9. The first-order valence-corrected chi connectivity index (χ1v) is 6.28. The number of hydrogen-bond donors (Lipinski definition) is 1. The van der Waals surface area contributed by atoms with Crippen molar-refractivity contribution in [2.75, 3.05) is 5.32 Å². The molecule has 1 aliphatic rings. The van der Waals surface area contributed by atoms with Crippen LogP contribution in [0.1, 0.15) is 11.3 Å².